The minimum absolute atomic E-state index is 0.0884. The van der Waals surface area contributed by atoms with Crippen LogP contribution in [0.3, 0.4) is 0 Å². The minimum atomic E-state index is -4.83. The summed E-state index contributed by atoms with van der Waals surface area (Å²) in [6.45, 7) is 5.01. The van der Waals surface area contributed by atoms with Crippen molar-refractivity contribution in [3.8, 4) is 0 Å². The highest BCUT2D eigenvalue weighted by molar-refractivity contribution is 7.92. The normalized spacial score (nSPS) is 12.8. The number of carbonyl (C=O) groups excluding carboxylic acids is 2. The van der Waals surface area contributed by atoms with Crippen LogP contribution in [0.5, 0.6) is 0 Å². The van der Waals surface area contributed by atoms with Gasteiger partial charge in [-0.05, 0) is 43.0 Å². The van der Waals surface area contributed by atoms with Gasteiger partial charge in [-0.3, -0.25) is 13.9 Å². The number of halogens is 4. The van der Waals surface area contributed by atoms with Crippen LogP contribution < -0.4 is 9.62 Å². The molecule has 0 saturated heterocycles. The SMILES string of the molecule is CC(C)CNC(=O)[C@@H](C)N(CCc1ccccc1)C(=O)CN(c1ccc(Cl)c(C(F)(F)F)c1)S(C)(=O)=O. The molecule has 0 aliphatic rings. The summed E-state index contributed by atoms with van der Waals surface area (Å²) >= 11 is 5.68. The van der Waals surface area contributed by atoms with E-state index in [1.165, 1.54) is 11.8 Å². The molecule has 0 aliphatic carbocycles. The quantitative estimate of drug-likeness (QED) is 0.442. The molecule has 2 aromatic carbocycles. The van der Waals surface area contributed by atoms with Gasteiger partial charge in [0.1, 0.15) is 12.6 Å². The van der Waals surface area contributed by atoms with E-state index in [2.05, 4.69) is 5.32 Å². The van der Waals surface area contributed by atoms with Gasteiger partial charge in [0, 0.05) is 13.1 Å². The molecule has 0 bridgehead atoms. The average molecular weight is 562 g/mol. The van der Waals surface area contributed by atoms with E-state index in [4.69, 9.17) is 11.6 Å². The van der Waals surface area contributed by atoms with E-state index in [-0.39, 0.29) is 18.2 Å². The van der Waals surface area contributed by atoms with Crippen LogP contribution in [0.15, 0.2) is 48.5 Å². The van der Waals surface area contributed by atoms with Gasteiger partial charge in [-0.25, -0.2) is 8.42 Å². The number of anilines is 1. The van der Waals surface area contributed by atoms with Crippen molar-refractivity contribution in [1.82, 2.24) is 10.2 Å². The molecule has 0 heterocycles. The number of benzene rings is 2. The zero-order valence-corrected chi connectivity index (χ0v) is 22.6. The van der Waals surface area contributed by atoms with Crippen LogP contribution in [-0.4, -0.2) is 57.1 Å². The lowest BCUT2D eigenvalue weighted by atomic mass is 10.1. The molecule has 0 saturated carbocycles. The number of carbonyl (C=O) groups is 2. The van der Waals surface area contributed by atoms with Crippen molar-refractivity contribution in [2.24, 2.45) is 5.92 Å². The van der Waals surface area contributed by atoms with Crippen molar-refractivity contribution in [3.63, 3.8) is 0 Å². The number of sulfonamides is 1. The molecule has 0 radical (unpaired) electrons. The Morgan fingerprint density at radius 1 is 1.05 bits per heavy atom. The van der Waals surface area contributed by atoms with Gasteiger partial charge in [0.2, 0.25) is 21.8 Å². The number of hydrogen-bond donors (Lipinski definition) is 1. The van der Waals surface area contributed by atoms with Gasteiger partial charge in [0.05, 0.1) is 22.5 Å². The first-order valence-corrected chi connectivity index (χ1v) is 13.8. The first-order valence-electron chi connectivity index (χ1n) is 11.6. The fourth-order valence-corrected chi connectivity index (χ4v) is 4.59. The van der Waals surface area contributed by atoms with E-state index >= 15 is 0 Å². The monoisotopic (exact) mass is 561 g/mol. The van der Waals surface area contributed by atoms with Gasteiger partial charge in [-0.1, -0.05) is 55.8 Å². The minimum Gasteiger partial charge on any atom is -0.354 e. The number of amides is 2. The van der Waals surface area contributed by atoms with E-state index in [1.54, 1.807) is 0 Å². The molecule has 1 atom stereocenters. The summed E-state index contributed by atoms with van der Waals surface area (Å²) in [4.78, 5) is 27.4. The van der Waals surface area contributed by atoms with Gasteiger partial charge >= 0.3 is 6.18 Å². The molecule has 0 fully saturated rings. The van der Waals surface area contributed by atoms with Crippen LogP contribution in [0.1, 0.15) is 31.9 Å². The Balaban J connectivity index is 2.39. The maximum Gasteiger partial charge on any atom is 0.417 e. The second-order valence-electron chi connectivity index (χ2n) is 9.07. The van der Waals surface area contributed by atoms with E-state index in [1.807, 2.05) is 44.2 Å². The van der Waals surface area contributed by atoms with Crippen molar-refractivity contribution in [2.75, 3.05) is 30.2 Å². The molecule has 0 spiro atoms. The molecule has 37 heavy (non-hydrogen) atoms. The van der Waals surface area contributed by atoms with E-state index in [0.717, 1.165) is 24.0 Å². The summed E-state index contributed by atoms with van der Waals surface area (Å²) in [5.74, 6) is -0.998. The van der Waals surface area contributed by atoms with Crippen molar-refractivity contribution in [2.45, 2.75) is 39.4 Å². The molecule has 1 N–H and O–H groups in total. The molecular formula is C25H31ClF3N3O4S. The molecule has 0 unspecified atom stereocenters. The Morgan fingerprint density at radius 3 is 2.22 bits per heavy atom. The van der Waals surface area contributed by atoms with Crippen molar-refractivity contribution >= 4 is 39.1 Å². The molecule has 0 aromatic heterocycles. The number of alkyl halides is 3. The fraction of sp³-hybridized carbons (Fsp3) is 0.440. The predicted octanol–water partition coefficient (Wildman–Crippen LogP) is 4.36. The smallest absolute Gasteiger partial charge is 0.354 e. The second-order valence-corrected chi connectivity index (χ2v) is 11.4. The van der Waals surface area contributed by atoms with Crippen molar-refractivity contribution in [1.29, 1.82) is 0 Å². The van der Waals surface area contributed by atoms with Crippen LogP contribution in [0.4, 0.5) is 18.9 Å². The Hall–Kier alpha value is -2.79. The number of nitrogens with one attached hydrogen (secondary N) is 1. The van der Waals surface area contributed by atoms with Crippen LogP contribution in [0, 0.1) is 5.92 Å². The van der Waals surface area contributed by atoms with Gasteiger partial charge in [-0.2, -0.15) is 13.2 Å². The Labute approximate surface area is 220 Å². The zero-order chi connectivity index (χ0) is 28.0. The summed E-state index contributed by atoms with van der Waals surface area (Å²) in [6.07, 6.45) is -3.66. The van der Waals surface area contributed by atoms with Crippen LogP contribution in [0.2, 0.25) is 5.02 Å². The molecule has 2 amide bonds. The van der Waals surface area contributed by atoms with Crippen molar-refractivity contribution < 1.29 is 31.2 Å². The first-order chi connectivity index (χ1) is 17.1. The number of rotatable bonds is 11. The summed E-state index contributed by atoms with van der Waals surface area (Å²) in [5, 5.41) is 2.16. The van der Waals surface area contributed by atoms with Crippen LogP contribution in [0.25, 0.3) is 0 Å². The third-order valence-corrected chi connectivity index (χ3v) is 7.03. The maximum absolute atomic E-state index is 13.4. The Bertz CT molecular complexity index is 1190. The third-order valence-electron chi connectivity index (χ3n) is 5.56. The summed E-state index contributed by atoms with van der Waals surface area (Å²) in [6, 6.07) is 10.8. The van der Waals surface area contributed by atoms with Crippen LogP contribution in [-0.2, 0) is 32.2 Å². The molecule has 12 heteroatoms. The maximum atomic E-state index is 13.4. The topological polar surface area (TPSA) is 86.8 Å². The fourth-order valence-electron chi connectivity index (χ4n) is 3.52. The largest absolute Gasteiger partial charge is 0.417 e. The molecular weight excluding hydrogens is 531 g/mol. The third kappa shape index (κ3) is 8.92. The first kappa shape index (κ1) is 30.4. The highest BCUT2D eigenvalue weighted by atomic mass is 35.5. The predicted molar refractivity (Wildman–Crippen MR) is 138 cm³/mol. The summed E-state index contributed by atoms with van der Waals surface area (Å²) in [5.41, 5.74) is -0.704. The van der Waals surface area contributed by atoms with E-state index < -0.39 is 51.2 Å². The van der Waals surface area contributed by atoms with Gasteiger partial charge in [0.15, 0.2) is 0 Å². The number of hydrogen-bond acceptors (Lipinski definition) is 4. The highest BCUT2D eigenvalue weighted by Crippen LogP contribution is 2.37. The molecule has 2 rings (SSSR count). The number of nitrogens with zero attached hydrogens (tertiary/aromatic N) is 2. The standard InChI is InChI=1S/C25H31ClF3N3O4S/c1-17(2)15-30-24(34)18(3)31(13-12-19-8-6-5-7-9-19)23(33)16-32(37(4,35)36)20-10-11-22(26)21(14-20)25(27,28)29/h5-11,14,17-18H,12-13,15-16H2,1-4H3,(H,30,34)/t18-/m1/s1. The molecule has 7 nitrogen and oxygen atoms in total. The highest BCUT2D eigenvalue weighted by Gasteiger charge is 2.35. The van der Waals surface area contributed by atoms with Crippen molar-refractivity contribution in [3.05, 3.63) is 64.7 Å². The summed E-state index contributed by atoms with van der Waals surface area (Å²) in [7, 11) is -4.18. The van der Waals surface area contributed by atoms with Gasteiger partial charge in [-0.15, -0.1) is 0 Å². The lowest BCUT2D eigenvalue weighted by molar-refractivity contribution is -0.138. The van der Waals surface area contributed by atoms with E-state index in [0.29, 0.717) is 23.3 Å². The second kappa shape index (κ2) is 12.6. The summed E-state index contributed by atoms with van der Waals surface area (Å²) < 4.78 is 65.9. The lowest BCUT2D eigenvalue weighted by Crippen LogP contribution is -2.52. The van der Waals surface area contributed by atoms with Crippen LogP contribution >= 0.6 is 11.6 Å². The molecule has 2 aromatic rings. The van der Waals surface area contributed by atoms with Gasteiger partial charge in [0.25, 0.3) is 0 Å². The average Bonchev–Trinajstić information content (AvgIpc) is 2.80. The van der Waals surface area contributed by atoms with Gasteiger partial charge < -0.3 is 10.2 Å². The zero-order valence-electron chi connectivity index (χ0n) is 21.0. The Kier molecular flexibility index (Phi) is 10.4. The van der Waals surface area contributed by atoms with E-state index in [9.17, 15) is 31.2 Å². The molecule has 204 valence electrons. The molecule has 0 aliphatic heterocycles. The Morgan fingerprint density at radius 2 is 1.68 bits per heavy atom. The lowest BCUT2D eigenvalue weighted by Gasteiger charge is -2.31.